The van der Waals surface area contributed by atoms with E-state index in [1.807, 2.05) is 6.26 Å². The number of hydrogen-bond acceptors (Lipinski definition) is 5. The highest BCUT2D eigenvalue weighted by molar-refractivity contribution is 7.98. The Hall–Kier alpha value is -1.01. The molecule has 0 bridgehead atoms. The highest BCUT2D eigenvalue weighted by atomic mass is 35.5. The summed E-state index contributed by atoms with van der Waals surface area (Å²) in [7, 11) is 0. The maximum absolute atomic E-state index is 11.1. The second-order valence-corrected chi connectivity index (χ2v) is 5.36. The molecular weight excluding hydrogens is 272 g/mol. The third-order valence-corrected chi connectivity index (χ3v) is 3.81. The van der Waals surface area contributed by atoms with E-state index in [9.17, 15) is 4.79 Å². The van der Waals surface area contributed by atoms with Crippen molar-refractivity contribution in [2.45, 2.75) is 18.0 Å². The van der Waals surface area contributed by atoms with Crippen LogP contribution in [0.4, 0.5) is 5.82 Å². The molecule has 0 unspecified atom stereocenters. The first-order valence-electron chi connectivity index (χ1n) is 5.73. The SMILES string of the molecule is CSc1nc(Cl)cc(N2CCC(C(N)=O)CC2)n1. The van der Waals surface area contributed by atoms with Crippen LogP contribution < -0.4 is 10.6 Å². The Balaban J connectivity index is 2.09. The second-order valence-electron chi connectivity index (χ2n) is 4.20. The Morgan fingerprint density at radius 3 is 2.72 bits per heavy atom. The van der Waals surface area contributed by atoms with Crippen LogP contribution in [0.3, 0.4) is 0 Å². The number of anilines is 1. The Kier molecular flexibility index (Phi) is 4.29. The average molecular weight is 287 g/mol. The normalized spacial score (nSPS) is 16.9. The number of nitrogens with zero attached hydrogens (tertiary/aromatic N) is 3. The summed E-state index contributed by atoms with van der Waals surface area (Å²) in [4.78, 5) is 21.8. The van der Waals surface area contributed by atoms with Crippen LogP contribution in [0.25, 0.3) is 0 Å². The number of carbonyl (C=O) groups is 1. The first-order valence-corrected chi connectivity index (χ1v) is 7.33. The van der Waals surface area contributed by atoms with Gasteiger partial charge in [-0.1, -0.05) is 23.4 Å². The molecule has 1 aliphatic rings. The lowest BCUT2D eigenvalue weighted by atomic mass is 9.96. The third-order valence-electron chi connectivity index (χ3n) is 3.06. The molecule has 2 N–H and O–H groups in total. The Morgan fingerprint density at radius 2 is 2.17 bits per heavy atom. The van der Waals surface area contributed by atoms with E-state index in [4.69, 9.17) is 17.3 Å². The molecular formula is C11H15ClN4OS. The van der Waals surface area contributed by atoms with Gasteiger partial charge in [0.15, 0.2) is 5.16 Å². The molecule has 2 rings (SSSR count). The number of aromatic nitrogens is 2. The van der Waals surface area contributed by atoms with Crippen molar-refractivity contribution in [3.63, 3.8) is 0 Å². The molecule has 1 aromatic heterocycles. The number of amides is 1. The molecule has 0 spiro atoms. The minimum atomic E-state index is -0.208. The zero-order valence-electron chi connectivity index (χ0n) is 10.1. The molecule has 18 heavy (non-hydrogen) atoms. The quantitative estimate of drug-likeness (QED) is 0.519. The van der Waals surface area contributed by atoms with Crippen molar-refractivity contribution in [2.75, 3.05) is 24.2 Å². The molecule has 1 aliphatic heterocycles. The van der Waals surface area contributed by atoms with Crippen molar-refractivity contribution in [1.29, 1.82) is 0 Å². The number of thioether (sulfide) groups is 1. The number of hydrogen-bond donors (Lipinski definition) is 1. The average Bonchev–Trinajstić information content (AvgIpc) is 2.38. The lowest BCUT2D eigenvalue weighted by Crippen LogP contribution is -2.39. The van der Waals surface area contributed by atoms with Gasteiger partial charge in [-0.3, -0.25) is 4.79 Å². The fraction of sp³-hybridized carbons (Fsp3) is 0.545. The first-order chi connectivity index (χ1) is 8.60. The fourth-order valence-corrected chi connectivity index (χ4v) is 2.63. The van der Waals surface area contributed by atoms with Gasteiger partial charge in [0.25, 0.3) is 0 Å². The maximum Gasteiger partial charge on any atom is 0.220 e. The number of nitrogens with two attached hydrogens (primary N) is 1. The van der Waals surface area contributed by atoms with Crippen LogP contribution in [0, 0.1) is 5.92 Å². The van der Waals surface area contributed by atoms with Gasteiger partial charge in [-0.05, 0) is 19.1 Å². The topological polar surface area (TPSA) is 72.1 Å². The molecule has 2 heterocycles. The summed E-state index contributed by atoms with van der Waals surface area (Å²) in [6, 6.07) is 1.76. The zero-order chi connectivity index (χ0) is 13.1. The number of primary amides is 1. The number of piperidine rings is 1. The van der Waals surface area contributed by atoms with E-state index in [1.165, 1.54) is 11.8 Å². The van der Waals surface area contributed by atoms with E-state index >= 15 is 0 Å². The van der Waals surface area contributed by atoms with E-state index in [1.54, 1.807) is 6.07 Å². The van der Waals surface area contributed by atoms with Crippen molar-refractivity contribution in [3.8, 4) is 0 Å². The summed E-state index contributed by atoms with van der Waals surface area (Å²) in [6.07, 6.45) is 3.45. The zero-order valence-corrected chi connectivity index (χ0v) is 11.7. The summed E-state index contributed by atoms with van der Waals surface area (Å²) < 4.78 is 0. The highest BCUT2D eigenvalue weighted by Crippen LogP contribution is 2.25. The molecule has 0 aromatic carbocycles. The minimum Gasteiger partial charge on any atom is -0.369 e. The molecule has 0 aliphatic carbocycles. The van der Waals surface area contributed by atoms with Gasteiger partial charge in [0.2, 0.25) is 5.91 Å². The first kappa shape index (κ1) is 13.4. The standard InChI is InChI=1S/C11H15ClN4OS/c1-18-11-14-8(12)6-9(15-11)16-4-2-7(3-5-16)10(13)17/h6-7H,2-5H2,1H3,(H2,13,17). The number of rotatable bonds is 3. The molecule has 5 nitrogen and oxygen atoms in total. The van der Waals surface area contributed by atoms with Crippen molar-refractivity contribution < 1.29 is 4.79 Å². The largest absolute Gasteiger partial charge is 0.369 e. The molecule has 1 aromatic rings. The van der Waals surface area contributed by atoms with Crippen LogP contribution in [0.1, 0.15) is 12.8 Å². The number of halogens is 1. The fourth-order valence-electron chi connectivity index (χ4n) is 2.03. The smallest absolute Gasteiger partial charge is 0.220 e. The van der Waals surface area contributed by atoms with Gasteiger partial charge in [-0.2, -0.15) is 0 Å². The summed E-state index contributed by atoms with van der Waals surface area (Å²) in [6.45, 7) is 1.55. The lowest BCUT2D eigenvalue weighted by Gasteiger charge is -2.31. The van der Waals surface area contributed by atoms with Crippen LogP contribution in [0.15, 0.2) is 11.2 Å². The van der Waals surface area contributed by atoms with Crippen LogP contribution in [-0.2, 0) is 4.79 Å². The molecule has 0 radical (unpaired) electrons. The van der Waals surface area contributed by atoms with Crippen molar-refractivity contribution in [1.82, 2.24) is 9.97 Å². The Bertz CT molecular complexity index is 449. The van der Waals surface area contributed by atoms with Gasteiger partial charge in [0.05, 0.1) is 0 Å². The van der Waals surface area contributed by atoms with Gasteiger partial charge >= 0.3 is 0 Å². The van der Waals surface area contributed by atoms with Crippen LogP contribution in [0.5, 0.6) is 0 Å². The second kappa shape index (κ2) is 5.75. The molecule has 98 valence electrons. The van der Waals surface area contributed by atoms with Gasteiger partial charge in [-0.15, -0.1) is 0 Å². The predicted octanol–water partition coefficient (Wildman–Crippen LogP) is 1.55. The van der Waals surface area contributed by atoms with E-state index < -0.39 is 0 Å². The van der Waals surface area contributed by atoms with E-state index in [0.717, 1.165) is 31.7 Å². The van der Waals surface area contributed by atoms with E-state index in [-0.39, 0.29) is 11.8 Å². The van der Waals surface area contributed by atoms with Crippen LogP contribution in [-0.4, -0.2) is 35.2 Å². The molecule has 0 saturated carbocycles. The monoisotopic (exact) mass is 286 g/mol. The molecule has 1 amide bonds. The highest BCUT2D eigenvalue weighted by Gasteiger charge is 2.24. The minimum absolute atomic E-state index is 0.0152. The van der Waals surface area contributed by atoms with Gasteiger partial charge in [-0.25, -0.2) is 9.97 Å². The van der Waals surface area contributed by atoms with Crippen molar-refractivity contribution >= 4 is 35.1 Å². The van der Waals surface area contributed by atoms with Crippen LogP contribution in [0.2, 0.25) is 5.15 Å². The molecule has 1 saturated heterocycles. The Labute approximate surface area is 115 Å². The lowest BCUT2D eigenvalue weighted by molar-refractivity contribution is -0.122. The van der Waals surface area contributed by atoms with E-state index in [0.29, 0.717) is 10.3 Å². The number of carbonyl (C=O) groups excluding carboxylic acids is 1. The Morgan fingerprint density at radius 1 is 1.50 bits per heavy atom. The summed E-state index contributed by atoms with van der Waals surface area (Å²) in [5.74, 6) is 0.598. The van der Waals surface area contributed by atoms with Crippen molar-refractivity contribution in [2.24, 2.45) is 11.7 Å². The molecule has 0 atom stereocenters. The van der Waals surface area contributed by atoms with Gasteiger partial charge in [0, 0.05) is 25.1 Å². The summed E-state index contributed by atoms with van der Waals surface area (Å²) in [5.41, 5.74) is 5.31. The predicted molar refractivity (Wildman–Crippen MR) is 73.0 cm³/mol. The summed E-state index contributed by atoms with van der Waals surface area (Å²) in [5, 5.41) is 1.11. The summed E-state index contributed by atoms with van der Waals surface area (Å²) >= 11 is 7.42. The van der Waals surface area contributed by atoms with Crippen LogP contribution >= 0.6 is 23.4 Å². The third kappa shape index (κ3) is 3.05. The molecule has 1 fully saturated rings. The van der Waals surface area contributed by atoms with Crippen molar-refractivity contribution in [3.05, 3.63) is 11.2 Å². The van der Waals surface area contributed by atoms with E-state index in [2.05, 4.69) is 14.9 Å². The molecule has 7 heteroatoms. The van der Waals surface area contributed by atoms with Gasteiger partial charge in [0.1, 0.15) is 11.0 Å². The van der Waals surface area contributed by atoms with Gasteiger partial charge < -0.3 is 10.6 Å². The maximum atomic E-state index is 11.1.